The van der Waals surface area contributed by atoms with Crippen LogP contribution in [-0.2, 0) is 0 Å². The van der Waals surface area contributed by atoms with Crippen LogP contribution >= 0.6 is 0 Å². The summed E-state index contributed by atoms with van der Waals surface area (Å²) in [5.41, 5.74) is 0. The van der Waals surface area contributed by atoms with Gasteiger partial charge in [0.15, 0.2) is 0 Å². The Hall–Kier alpha value is -0.340. The molecule has 0 spiro atoms. The van der Waals surface area contributed by atoms with E-state index in [0.29, 0.717) is 18.1 Å². The van der Waals surface area contributed by atoms with E-state index >= 15 is 0 Å². The van der Waals surface area contributed by atoms with Gasteiger partial charge in [0, 0.05) is 31.2 Å². The van der Waals surface area contributed by atoms with Crippen molar-refractivity contribution in [2.45, 2.75) is 64.1 Å². The van der Waals surface area contributed by atoms with E-state index < -0.39 is 0 Å². The van der Waals surface area contributed by atoms with Crippen molar-refractivity contribution in [3.63, 3.8) is 0 Å². The molecule has 0 aromatic carbocycles. The maximum atomic E-state index is 3.95. The van der Waals surface area contributed by atoms with Gasteiger partial charge in [0.05, 0.1) is 0 Å². The van der Waals surface area contributed by atoms with Crippen molar-refractivity contribution in [2.24, 2.45) is 5.92 Å². The first-order valence-electron chi connectivity index (χ1n) is 7.34. The average Bonchev–Trinajstić information content (AvgIpc) is 2.39. The van der Waals surface area contributed by atoms with Crippen molar-refractivity contribution in [2.75, 3.05) is 13.1 Å². The Kier molecular flexibility index (Phi) is 4.63. The molecule has 2 heteroatoms. The summed E-state index contributed by atoms with van der Waals surface area (Å²) in [5, 5.41) is 3.77. The van der Waals surface area contributed by atoms with Gasteiger partial charge in [0.25, 0.3) is 0 Å². The van der Waals surface area contributed by atoms with Crippen LogP contribution in [0.15, 0.2) is 12.7 Å². The standard InChI is InChI=1S/C15H28N2/c1-4-12(2)17-11-15(16-10-13(17)3)14-8-6-5-7-9-14/h4,12-16H,1,5-11H2,2-3H3. The van der Waals surface area contributed by atoms with Gasteiger partial charge in [-0.2, -0.15) is 0 Å². The molecule has 0 amide bonds. The Balaban J connectivity index is 1.94. The third-order valence-corrected chi connectivity index (χ3v) is 4.73. The van der Waals surface area contributed by atoms with Crippen LogP contribution in [0.2, 0.25) is 0 Å². The van der Waals surface area contributed by atoms with E-state index in [0.717, 1.165) is 12.5 Å². The maximum Gasteiger partial charge on any atom is 0.0251 e. The number of nitrogens with zero attached hydrogens (tertiary/aromatic N) is 1. The third-order valence-electron chi connectivity index (χ3n) is 4.73. The molecule has 3 unspecified atom stereocenters. The first kappa shape index (κ1) is 13.1. The van der Waals surface area contributed by atoms with E-state index in [2.05, 4.69) is 36.7 Å². The number of hydrogen-bond donors (Lipinski definition) is 1. The summed E-state index contributed by atoms with van der Waals surface area (Å²) in [6.45, 7) is 10.9. The fourth-order valence-electron chi connectivity index (χ4n) is 3.47. The van der Waals surface area contributed by atoms with E-state index in [1.165, 1.54) is 38.6 Å². The first-order valence-corrected chi connectivity index (χ1v) is 7.34. The second-order valence-electron chi connectivity index (χ2n) is 5.93. The molecule has 0 radical (unpaired) electrons. The summed E-state index contributed by atoms with van der Waals surface area (Å²) in [5.74, 6) is 0.913. The topological polar surface area (TPSA) is 15.3 Å². The fourth-order valence-corrected chi connectivity index (χ4v) is 3.47. The zero-order valence-corrected chi connectivity index (χ0v) is 11.5. The molecule has 1 saturated carbocycles. The molecule has 1 N–H and O–H groups in total. The van der Waals surface area contributed by atoms with E-state index in [1.54, 1.807) is 0 Å². The van der Waals surface area contributed by atoms with Crippen molar-refractivity contribution < 1.29 is 0 Å². The van der Waals surface area contributed by atoms with E-state index in [-0.39, 0.29) is 0 Å². The number of hydrogen-bond acceptors (Lipinski definition) is 2. The molecule has 1 heterocycles. The molecule has 1 aliphatic carbocycles. The number of rotatable bonds is 3. The molecule has 0 aromatic heterocycles. The number of nitrogens with one attached hydrogen (secondary N) is 1. The van der Waals surface area contributed by atoms with E-state index in [9.17, 15) is 0 Å². The molecule has 0 bridgehead atoms. The Morgan fingerprint density at radius 3 is 2.65 bits per heavy atom. The second-order valence-corrected chi connectivity index (χ2v) is 5.93. The minimum absolute atomic E-state index is 0.512. The predicted molar refractivity (Wildman–Crippen MR) is 74.2 cm³/mol. The van der Waals surface area contributed by atoms with Crippen LogP contribution in [0.4, 0.5) is 0 Å². The van der Waals surface area contributed by atoms with Gasteiger partial charge >= 0.3 is 0 Å². The lowest BCUT2D eigenvalue weighted by Gasteiger charge is -2.44. The number of piperazine rings is 1. The van der Waals surface area contributed by atoms with Gasteiger partial charge in [-0.05, 0) is 32.6 Å². The van der Waals surface area contributed by atoms with Crippen molar-refractivity contribution >= 4 is 0 Å². The monoisotopic (exact) mass is 236 g/mol. The van der Waals surface area contributed by atoms with Gasteiger partial charge in [-0.25, -0.2) is 0 Å². The summed E-state index contributed by atoms with van der Waals surface area (Å²) in [7, 11) is 0. The zero-order valence-electron chi connectivity index (χ0n) is 11.5. The summed E-state index contributed by atoms with van der Waals surface area (Å²) < 4.78 is 0. The van der Waals surface area contributed by atoms with Crippen LogP contribution in [0.1, 0.15) is 46.0 Å². The van der Waals surface area contributed by atoms with Crippen molar-refractivity contribution in [3.05, 3.63) is 12.7 Å². The molecular formula is C15H28N2. The zero-order chi connectivity index (χ0) is 12.3. The molecule has 2 rings (SSSR count). The van der Waals surface area contributed by atoms with Crippen LogP contribution in [-0.4, -0.2) is 36.1 Å². The van der Waals surface area contributed by atoms with Gasteiger partial charge in [-0.1, -0.05) is 25.3 Å². The molecule has 98 valence electrons. The summed E-state index contributed by atoms with van der Waals surface area (Å²) in [6, 6.07) is 1.87. The lowest BCUT2D eigenvalue weighted by molar-refractivity contribution is 0.0877. The summed E-state index contributed by atoms with van der Waals surface area (Å²) in [4.78, 5) is 2.61. The van der Waals surface area contributed by atoms with Crippen LogP contribution in [0.3, 0.4) is 0 Å². The molecule has 0 aromatic rings. The average molecular weight is 236 g/mol. The largest absolute Gasteiger partial charge is 0.311 e. The molecule has 2 nitrogen and oxygen atoms in total. The van der Waals surface area contributed by atoms with E-state index in [1.807, 2.05) is 0 Å². The molecule has 2 fully saturated rings. The molecule has 17 heavy (non-hydrogen) atoms. The summed E-state index contributed by atoms with van der Waals surface area (Å²) >= 11 is 0. The molecule has 2 aliphatic rings. The highest BCUT2D eigenvalue weighted by atomic mass is 15.2. The Labute approximate surface area is 106 Å². The van der Waals surface area contributed by atoms with Gasteiger partial charge in [0.2, 0.25) is 0 Å². The van der Waals surface area contributed by atoms with Gasteiger partial charge in [-0.15, -0.1) is 6.58 Å². The lowest BCUT2D eigenvalue weighted by Crippen LogP contribution is -2.59. The van der Waals surface area contributed by atoms with Gasteiger partial charge < -0.3 is 5.32 Å². The van der Waals surface area contributed by atoms with Crippen LogP contribution in [0.25, 0.3) is 0 Å². The maximum absolute atomic E-state index is 3.95. The molecule has 1 aliphatic heterocycles. The molecule has 3 atom stereocenters. The quantitative estimate of drug-likeness (QED) is 0.758. The van der Waals surface area contributed by atoms with Crippen molar-refractivity contribution in [3.8, 4) is 0 Å². The Morgan fingerprint density at radius 2 is 2.00 bits per heavy atom. The molecular weight excluding hydrogens is 208 g/mol. The van der Waals surface area contributed by atoms with Gasteiger partial charge in [-0.3, -0.25) is 4.90 Å². The first-order chi connectivity index (χ1) is 8.22. The third kappa shape index (κ3) is 3.11. The second kappa shape index (κ2) is 6.01. The van der Waals surface area contributed by atoms with E-state index in [4.69, 9.17) is 0 Å². The highest BCUT2D eigenvalue weighted by molar-refractivity contribution is 4.95. The highest BCUT2D eigenvalue weighted by Gasteiger charge is 2.32. The Bertz CT molecular complexity index is 245. The van der Waals surface area contributed by atoms with Crippen molar-refractivity contribution in [1.82, 2.24) is 10.2 Å². The van der Waals surface area contributed by atoms with Crippen LogP contribution in [0.5, 0.6) is 0 Å². The lowest BCUT2D eigenvalue weighted by atomic mass is 9.82. The van der Waals surface area contributed by atoms with Crippen LogP contribution < -0.4 is 5.32 Å². The van der Waals surface area contributed by atoms with Crippen molar-refractivity contribution in [1.29, 1.82) is 0 Å². The molecule has 1 saturated heterocycles. The normalized spacial score (nSPS) is 34.5. The smallest absolute Gasteiger partial charge is 0.0251 e. The predicted octanol–water partition coefficient (Wildman–Crippen LogP) is 2.80. The highest BCUT2D eigenvalue weighted by Crippen LogP contribution is 2.28. The summed E-state index contributed by atoms with van der Waals surface area (Å²) in [6.07, 6.45) is 9.28. The fraction of sp³-hybridized carbons (Fsp3) is 0.867. The SMILES string of the molecule is C=CC(C)N1CC(C2CCCCC2)NCC1C. The minimum Gasteiger partial charge on any atom is -0.311 e. The minimum atomic E-state index is 0.512. The van der Waals surface area contributed by atoms with Crippen LogP contribution in [0, 0.1) is 5.92 Å². The van der Waals surface area contributed by atoms with Gasteiger partial charge in [0.1, 0.15) is 0 Å². The Morgan fingerprint density at radius 1 is 1.29 bits per heavy atom.